The van der Waals surface area contributed by atoms with Gasteiger partial charge in [-0.2, -0.15) is 26.3 Å². The molecule has 0 heterocycles. The molecule has 4 rings (SSSR count). The van der Waals surface area contributed by atoms with Crippen molar-refractivity contribution in [2.45, 2.75) is 63.3 Å². The first-order valence-electron chi connectivity index (χ1n) is 11.4. The van der Waals surface area contributed by atoms with Crippen LogP contribution in [-0.2, 0) is 30.0 Å². The second-order valence-corrected chi connectivity index (χ2v) is 8.94. The number of benzene rings is 2. The van der Waals surface area contributed by atoms with Crippen LogP contribution in [0.25, 0.3) is 0 Å². The fraction of sp³-hybridized carbons (Fsp3) is 0.385. The molecule has 2 aromatic rings. The molecule has 186 valence electrons. The number of rotatable bonds is 5. The van der Waals surface area contributed by atoms with Crippen LogP contribution >= 0.6 is 0 Å². The van der Waals surface area contributed by atoms with E-state index in [0.717, 1.165) is 44.2 Å². The highest BCUT2D eigenvalue weighted by molar-refractivity contribution is 6.28. The van der Waals surface area contributed by atoms with Crippen LogP contribution in [0.3, 0.4) is 0 Å². The minimum atomic E-state index is -4.81. The Balaban J connectivity index is 1.59. The van der Waals surface area contributed by atoms with Gasteiger partial charge in [-0.3, -0.25) is 9.59 Å². The van der Waals surface area contributed by atoms with Gasteiger partial charge in [0.25, 0.3) is 0 Å². The van der Waals surface area contributed by atoms with Crippen LogP contribution in [0.2, 0.25) is 0 Å². The maximum atomic E-state index is 13.8. The minimum absolute atomic E-state index is 0.0743. The normalized spacial score (nSPS) is 17.1. The van der Waals surface area contributed by atoms with Crippen LogP contribution in [0.15, 0.2) is 48.0 Å². The van der Waals surface area contributed by atoms with Crippen LogP contribution in [0, 0.1) is 0 Å². The Hall–Kier alpha value is -3.10. The van der Waals surface area contributed by atoms with Crippen molar-refractivity contribution in [1.29, 1.82) is 0 Å². The third kappa shape index (κ3) is 5.44. The first-order chi connectivity index (χ1) is 16.4. The molecule has 0 atom stereocenters. The van der Waals surface area contributed by atoms with E-state index in [9.17, 15) is 35.9 Å². The molecule has 0 bridgehead atoms. The molecule has 2 aromatic carbocycles. The number of alkyl halides is 6. The molecule has 0 aromatic heterocycles. The Bertz CT molecular complexity index is 1170. The van der Waals surface area contributed by atoms with Gasteiger partial charge in [-0.05, 0) is 48.6 Å². The van der Waals surface area contributed by atoms with E-state index in [-0.39, 0.29) is 29.3 Å². The van der Waals surface area contributed by atoms with Crippen LogP contribution in [0.4, 0.5) is 32.0 Å². The summed E-state index contributed by atoms with van der Waals surface area (Å²) in [5, 5.41) is 3.12. The molecule has 2 aliphatic rings. The number of allylic oxidation sites excluding steroid dienone is 2. The van der Waals surface area contributed by atoms with Crippen LogP contribution in [-0.4, -0.2) is 17.6 Å². The lowest BCUT2D eigenvalue weighted by atomic mass is 9.84. The number of hydrogen-bond donors (Lipinski definition) is 1. The van der Waals surface area contributed by atoms with Gasteiger partial charge in [0.1, 0.15) is 0 Å². The summed E-state index contributed by atoms with van der Waals surface area (Å²) in [5.74, 6) is -2.07. The maximum absolute atomic E-state index is 13.8. The standard InChI is InChI=1S/C26H23F6NO2/c27-25(28,29)20-8-4-5-15-10-12-19(24(35)23(15)20)22(34)13-16-9-11-18(14-21(16)26(30,31)32)33-17-6-2-1-3-7-17/h4-5,8-9,11-12,14,17,33H,1-3,6-7,10,13H2. The molecule has 1 N–H and O–H groups in total. The summed E-state index contributed by atoms with van der Waals surface area (Å²) in [6, 6.07) is 6.96. The molecule has 0 radical (unpaired) electrons. The lowest BCUT2D eigenvalue weighted by Gasteiger charge is -2.25. The zero-order chi connectivity index (χ0) is 25.4. The van der Waals surface area contributed by atoms with Gasteiger partial charge < -0.3 is 5.32 Å². The van der Waals surface area contributed by atoms with Crippen molar-refractivity contribution in [3.05, 3.63) is 75.9 Å². The second kappa shape index (κ2) is 9.51. The zero-order valence-electron chi connectivity index (χ0n) is 18.7. The Morgan fingerprint density at radius 1 is 0.914 bits per heavy atom. The van der Waals surface area contributed by atoms with Gasteiger partial charge in [0, 0.05) is 23.7 Å². The quantitative estimate of drug-likeness (QED) is 0.361. The van der Waals surface area contributed by atoms with Crippen molar-refractivity contribution < 1.29 is 35.9 Å². The molecule has 2 aliphatic carbocycles. The summed E-state index contributed by atoms with van der Waals surface area (Å²) in [6.07, 6.45) is -4.40. The van der Waals surface area contributed by atoms with Gasteiger partial charge in [0.2, 0.25) is 0 Å². The largest absolute Gasteiger partial charge is 0.417 e. The molecule has 1 saturated carbocycles. The summed E-state index contributed by atoms with van der Waals surface area (Å²) in [7, 11) is 0. The highest BCUT2D eigenvalue weighted by atomic mass is 19.4. The van der Waals surface area contributed by atoms with E-state index >= 15 is 0 Å². The number of halogens is 6. The molecule has 0 amide bonds. The van der Waals surface area contributed by atoms with E-state index in [1.807, 2.05) is 0 Å². The number of hydrogen-bond acceptors (Lipinski definition) is 3. The van der Waals surface area contributed by atoms with Crippen LogP contribution in [0.5, 0.6) is 0 Å². The topological polar surface area (TPSA) is 46.2 Å². The number of ketones is 2. The number of anilines is 1. The van der Waals surface area contributed by atoms with Crippen LogP contribution < -0.4 is 5.32 Å². The molecular formula is C26H23F6NO2. The van der Waals surface area contributed by atoms with Gasteiger partial charge in [-0.25, -0.2) is 0 Å². The van der Waals surface area contributed by atoms with Crippen molar-refractivity contribution in [2.75, 3.05) is 5.32 Å². The summed E-state index contributed by atoms with van der Waals surface area (Å²) in [4.78, 5) is 25.7. The summed E-state index contributed by atoms with van der Waals surface area (Å²) < 4.78 is 81.7. The lowest BCUT2D eigenvalue weighted by molar-refractivity contribution is -0.139. The molecule has 0 saturated heterocycles. The highest BCUT2D eigenvalue weighted by Crippen LogP contribution is 2.38. The summed E-state index contributed by atoms with van der Waals surface area (Å²) in [5.41, 5.74) is -3.23. The van der Waals surface area contributed by atoms with Crippen molar-refractivity contribution in [3.63, 3.8) is 0 Å². The second-order valence-electron chi connectivity index (χ2n) is 8.94. The molecule has 0 spiro atoms. The molecular weight excluding hydrogens is 472 g/mol. The summed E-state index contributed by atoms with van der Waals surface area (Å²) in [6.45, 7) is 0. The van der Waals surface area contributed by atoms with E-state index in [4.69, 9.17) is 0 Å². The average Bonchev–Trinajstić information content (AvgIpc) is 2.79. The van der Waals surface area contributed by atoms with Crippen molar-refractivity contribution in [3.8, 4) is 0 Å². The average molecular weight is 495 g/mol. The maximum Gasteiger partial charge on any atom is 0.417 e. The number of carbonyl (C=O) groups excluding carboxylic acids is 2. The minimum Gasteiger partial charge on any atom is -0.382 e. The van der Waals surface area contributed by atoms with Crippen molar-refractivity contribution in [1.82, 2.24) is 0 Å². The lowest BCUT2D eigenvalue weighted by Crippen LogP contribution is -2.25. The molecule has 0 unspecified atom stereocenters. The predicted octanol–water partition coefficient (Wildman–Crippen LogP) is 6.95. The molecule has 35 heavy (non-hydrogen) atoms. The SMILES string of the molecule is O=C(Cc1ccc(NC2CCCCC2)cc1C(F)(F)F)C1=CCc2cccc(C(F)(F)F)c2C1=O. The van der Waals surface area contributed by atoms with Gasteiger partial charge in [0.05, 0.1) is 16.7 Å². The van der Waals surface area contributed by atoms with Gasteiger partial charge >= 0.3 is 12.4 Å². The first-order valence-corrected chi connectivity index (χ1v) is 11.4. The van der Waals surface area contributed by atoms with Crippen molar-refractivity contribution in [2.24, 2.45) is 0 Å². The number of fused-ring (bicyclic) bond motifs is 1. The zero-order valence-corrected chi connectivity index (χ0v) is 18.7. The molecule has 1 fully saturated rings. The Morgan fingerprint density at radius 3 is 2.26 bits per heavy atom. The fourth-order valence-electron chi connectivity index (χ4n) is 4.79. The molecule has 3 nitrogen and oxygen atoms in total. The highest BCUT2D eigenvalue weighted by Gasteiger charge is 2.39. The Morgan fingerprint density at radius 2 is 1.60 bits per heavy atom. The van der Waals surface area contributed by atoms with Crippen molar-refractivity contribution >= 4 is 17.3 Å². The molecule has 9 heteroatoms. The third-order valence-corrected chi connectivity index (χ3v) is 6.50. The van der Waals surface area contributed by atoms with E-state index < -0.39 is 52.6 Å². The fourth-order valence-corrected chi connectivity index (χ4v) is 4.79. The number of carbonyl (C=O) groups is 2. The van der Waals surface area contributed by atoms with Gasteiger partial charge in [-0.1, -0.05) is 43.5 Å². The smallest absolute Gasteiger partial charge is 0.382 e. The van der Waals surface area contributed by atoms with Gasteiger partial charge in [0.15, 0.2) is 11.6 Å². The number of Topliss-reactive ketones (excluding diaryl/α,β-unsaturated/α-hetero) is 2. The Kier molecular flexibility index (Phi) is 6.79. The predicted molar refractivity (Wildman–Crippen MR) is 118 cm³/mol. The first kappa shape index (κ1) is 25.0. The third-order valence-electron chi connectivity index (χ3n) is 6.50. The summed E-state index contributed by atoms with van der Waals surface area (Å²) >= 11 is 0. The molecule has 0 aliphatic heterocycles. The van der Waals surface area contributed by atoms with Crippen LogP contribution in [0.1, 0.15) is 64.7 Å². The van der Waals surface area contributed by atoms with E-state index in [0.29, 0.717) is 0 Å². The number of nitrogens with one attached hydrogen (secondary N) is 1. The van der Waals surface area contributed by atoms with E-state index in [1.54, 1.807) is 0 Å². The Labute approximate surface area is 198 Å². The van der Waals surface area contributed by atoms with E-state index in [1.165, 1.54) is 30.3 Å². The van der Waals surface area contributed by atoms with E-state index in [2.05, 4.69) is 5.32 Å². The monoisotopic (exact) mass is 495 g/mol. The van der Waals surface area contributed by atoms with Gasteiger partial charge in [-0.15, -0.1) is 0 Å².